The molecule has 2 atom stereocenters. The molecule has 0 spiro atoms. The lowest BCUT2D eigenvalue weighted by molar-refractivity contribution is -0.137. The summed E-state index contributed by atoms with van der Waals surface area (Å²) in [6.07, 6.45) is 0.927. The van der Waals surface area contributed by atoms with Crippen LogP contribution in [0.25, 0.3) is 0 Å². The minimum Gasteiger partial charge on any atom is -0.481 e. The largest absolute Gasteiger partial charge is 0.481 e. The minimum atomic E-state index is -0.901. The molecule has 0 radical (unpaired) electrons. The zero-order valence-electron chi connectivity index (χ0n) is 12.4. The van der Waals surface area contributed by atoms with Crippen LogP contribution in [0.15, 0.2) is 24.3 Å². The van der Waals surface area contributed by atoms with Crippen LogP contribution in [-0.4, -0.2) is 29.7 Å². The molecule has 0 saturated heterocycles. The van der Waals surface area contributed by atoms with Crippen LogP contribution in [-0.2, 0) is 11.2 Å². The lowest BCUT2D eigenvalue weighted by Crippen LogP contribution is -2.47. The van der Waals surface area contributed by atoms with Crippen molar-refractivity contribution in [3.05, 3.63) is 35.4 Å². The smallest absolute Gasteiger partial charge is 0.315 e. The maximum Gasteiger partial charge on any atom is 0.315 e. The molecular formula is C16H22N2O3. The number of benzene rings is 1. The molecule has 2 amide bonds. The number of carboxylic acids is 1. The fourth-order valence-corrected chi connectivity index (χ4v) is 2.62. The van der Waals surface area contributed by atoms with Crippen molar-refractivity contribution in [2.24, 2.45) is 5.92 Å². The molecule has 2 rings (SSSR count). The first-order valence-electron chi connectivity index (χ1n) is 7.31. The summed E-state index contributed by atoms with van der Waals surface area (Å²) in [5.74, 6) is -0.456. The van der Waals surface area contributed by atoms with Crippen molar-refractivity contribution in [3.8, 4) is 0 Å². The van der Waals surface area contributed by atoms with Crippen LogP contribution in [0.2, 0.25) is 0 Å². The molecule has 5 heteroatoms. The van der Waals surface area contributed by atoms with Gasteiger partial charge in [-0.25, -0.2) is 4.79 Å². The summed E-state index contributed by atoms with van der Waals surface area (Å²) in [7, 11) is 0. The van der Waals surface area contributed by atoms with Crippen molar-refractivity contribution in [3.63, 3.8) is 0 Å². The lowest BCUT2D eigenvalue weighted by atomic mass is 9.78. The van der Waals surface area contributed by atoms with Gasteiger partial charge in [0.05, 0.1) is 6.42 Å². The van der Waals surface area contributed by atoms with E-state index in [2.05, 4.69) is 22.8 Å². The molecule has 0 aliphatic heterocycles. The quantitative estimate of drug-likeness (QED) is 0.751. The monoisotopic (exact) mass is 290 g/mol. The van der Waals surface area contributed by atoms with E-state index in [1.807, 2.05) is 26.0 Å². The highest BCUT2D eigenvalue weighted by Crippen LogP contribution is 2.33. The Kier molecular flexibility index (Phi) is 4.83. The summed E-state index contributed by atoms with van der Waals surface area (Å²) in [5.41, 5.74) is 2.64. The van der Waals surface area contributed by atoms with Crippen molar-refractivity contribution >= 4 is 12.0 Å². The van der Waals surface area contributed by atoms with Crippen LogP contribution >= 0.6 is 0 Å². The van der Waals surface area contributed by atoms with Crippen LogP contribution in [0.5, 0.6) is 0 Å². The van der Waals surface area contributed by atoms with Gasteiger partial charge in [0, 0.05) is 18.5 Å². The number of rotatable bonds is 6. The summed E-state index contributed by atoms with van der Waals surface area (Å²) in [5, 5.41) is 14.4. The zero-order chi connectivity index (χ0) is 15.4. The van der Waals surface area contributed by atoms with E-state index in [0.29, 0.717) is 12.5 Å². The van der Waals surface area contributed by atoms with E-state index in [1.165, 1.54) is 11.1 Å². The zero-order valence-corrected chi connectivity index (χ0v) is 12.4. The molecule has 0 aromatic heterocycles. The number of urea groups is 1. The van der Waals surface area contributed by atoms with Gasteiger partial charge < -0.3 is 15.7 Å². The number of amides is 2. The summed E-state index contributed by atoms with van der Waals surface area (Å²) in [4.78, 5) is 22.7. The van der Waals surface area contributed by atoms with E-state index in [4.69, 9.17) is 5.11 Å². The van der Waals surface area contributed by atoms with Crippen molar-refractivity contribution in [1.29, 1.82) is 0 Å². The predicted octanol–water partition coefficient (Wildman–Crippen LogP) is 2.12. The van der Waals surface area contributed by atoms with Gasteiger partial charge in [-0.2, -0.15) is 0 Å². The van der Waals surface area contributed by atoms with Gasteiger partial charge in [-0.3, -0.25) is 4.79 Å². The average Bonchev–Trinajstić information content (AvgIpc) is 2.38. The first-order chi connectivity index (χ1) is 9.97. The third kappa shape index (κ3) is 3.97. The maximum atomic E-state index is 11.9. The molecule has 3 N–H and O–H groups in total. The Morgan fingerprint density at radius 3 is 2.67 bits per heavy atom. The molecule has 1 aromatic carbocycles. The highest BCUT2D eigenvalue weighted by Gasteiger charge is 2.26. The summed E-state index contributed by atoms with van der Waals surface area (Å²) < 4.78 is 0. The summed E-state index contributed by atoms with van der Waals surface area (Å²) >= 11 is 0. The van der Waals surface area contributed by atoms with Crippen molar-refractivity contribution in [1.82, 2.24) is 10.6 Å². The molecule has 1 aromatic rings. The Bertz CT molecular complexity index is 528. The van der Waals surface area contributed by atoms with Gasteiger partial charge in [-0.05, 0) is 23.5 Å². The van der Waals surface area contributed by atoms with Gasteiger partial charge in [0.15, 0.2) is 0 Å². The molecule has 21 heavy (non-hydrogen) atoms. The highest BCUT2D eigenvalue weighted by molar-refractivity contribution is 5.75. The summed E-state index contributed by atoms with van der Waals surface area (Å²) in [6.45, 7) is 4.38. The molecular weight excluding hydrogens is 268 g/mol. The first kappa shape index (κ1) is 15.4. The fourth-order valence-electron chi connectivity index (χ4n) is 2.62. The van der Waals surface area contributed by atoms with Gasteiger partial charge in [-0.1, -0.05) is 38.1 Å². The number of carbonyl (C=O) groups excluding carboxylic acids is 1. The van der Waals surface area contributed by atoms with Crippen LogP contribution < -0.4 is 10.6 Å². The van der Waals surface area contributed by atoms with E-state index in [1.54, 1.807) is 0 Å². The predicted molar refractivity (Wildman–Crippen MR) is 80.3 cm³/mol. The second kappa shape index (κ2) is 6.61. The molecule has 0 bridgehead atoms. The van der Waals surface area contributed by atoms with Gasteiger partial charge in [0.2, 0.25) is 0 Å². The van der Waals surface area contributed by atoms with E-state index < -0.39 is 5.97 Å². The Hall–Kier alpha value is -2.04. The molecule has 1 aliphatic rings. The average molecular weight is 290 g/mol. The van der Waals surface area contributed by atoms with Crippen LogP contribution in [0, 0.1) is 5.92 Å². The normalized spacial score (nSPS) is 17.6. The first-order valence-corrected chi connectivity index (χ1v) is 7.31. The Morgan fingerprint density at radius 1 is 1.33 bits per heavy atom. The van der Waals surface area contributed by atoms with Gasteiger partial charge in [0.1, 0.15) is 0 Å². The molecule has 114 valence electrons. The Morgan fingerprint density at radius 2 is 2.05 bits per heavy atom. The third-order valence-corrected chi connectivity index (χ3v) is 3.99. The number of carboxylic acid groups (broad SMARTS) is 1. The Balaban J connectivity index is 1.79. The SMILES string of the molecule is CC(C)C(CC(=O)O)NC(=O)NCC1Cc2ccccc21. The fraction of sp³-hybridized carbons (Fsp3) is 0.500. The van der Waals surface area contributed by atoms with Gasteiger partial charge in [-0.15, -0.1) is 0 Å². The van der Waals surface area contributed by atoms with Gasteiger partial charge in [0.25, 0.3) is 0 Å². The van der Waals surface area contributed by atoms with Crippen LogP contribution in [0.4, 0.5) is 4.79 Å². The number of nitrogens with one attached hydrogen (secondary N) is 2. The van der Waals surface area contributed by atoms with E-state index in [9.17, 15) is 9.59 Å². The molecule has 0 heterocycles. The number of hydrogen-bond donors (Lipinski definition) is 3. The highest BCUT2D eigenvalue weighted by atomic mass is 16.4. The van der Waals surface area contributed by atoms with Gasteiger partial charge >= 0.3 is 12.0 Å². The van der Waals surface area contributed by atoms with Crippen molar-refractivity contribution in [2.75, 3.05) is 6.54 Å². The van der Waals surface area contributed by atoms with Crippen LogP contribution in [0.3, 0.4) is 0 Å². The maximum absolute atomic E-state index is 11.9. The topological polar surface area (TPSA) is 78.4 Å². The van der Waals surface area contributed by atoms with Crippen LogP contribution in [0.1, 0.15) is 37.3 Å². The third-order valence-electron chi connectivity index (χ3n) is 3.99. The molecule has 0 saturated carbocycles. The Labute approximate surface area is 124 Å². The summed E-state index contributed by atoms with van der Waals surface area (Å²) in [6, 6.07) is 7.58. The molecule has 1 aliphatic carbocycles. The minimum absolute atomic E-state index is 0.0582. The van der Waals surface area contributed by atoms with Crippen molar-refractivity contribution < 1.29 is 14.7 Å². The van der Waals surface area contributed by atoms with E-state index >= 15 is 0 Å². The number of hydrogen-bond acceptors (Lipinski definition) is 2. The molecule has 5 nitrogen and oxygen atoms in total. The van der Waals surface area contributed by atoms with E-state index in [0.717, 1.165) is 6.42 Å². The standard InChI is InChI=1S/C16H22N2O3/c1-10(2)14(8-15(19)20)18-16(21)17-9-12-7-11-5-3-4-6-13(11)12/h3-6,10,12,14H,7-9H2,1-2H3,(H,19,20)(H2,17,18,21). The lowest BCUT2D eigenvalue weighted by Gasteiger charge is -2.30. The second-order valence-corrected chi connectivity index (χ2v) is 5.90. The number of aliphatic carboxylic acids is 1. The van der Waals surface area contributed by atoms with Crippen molar-refractivity contribution in [2.45, 2.75) is 38.6 Å². The number of fused-ring (bicyclic) bond motifs is 1. The van der Waals surface area contributed by atoms with E-state index in [-0.39, 0.29) is 24.4 Å². The second-order valence-electron chi connectivity index (χ2n) is 5.90. The molecule has 0 fully saturated rings. The number of carbonyl (C=O) groups is 2. The molecule has 2 unspecified atom stereocenters.